The Bertz CT molecular complexity index is 627. The summed E-state index contributed by atoms with van der Waals surface area (Å²) in [6.07, 6.45) is 1.68. The van der Waals surface area contributed by atoms with Gasteiger partial charge >= 0.3 is 0 Å². The van der Waals surface area contributed by atoms with Crippen LogP contribution in [0.1, 0.15) is 30.1 Å². The smallest absolute Gasteiger partial charge is 0.251 e. The van der Waals surface area contributed by atoms with E-state index in [4.69, 9.17) is 5.11 Å². The van der Waals surface area contributed by atoms with Gasteiger partial charge in [-0.15, -0.1) is 0 Å². The van der Waals surface area contributed by atoms with Gasteiger partial charge in [-0.2, -0.15) is 0 Å². The lowest BCUT2D eigenvalue weighted by atomic mass is 10.0. The Morgan fingerprint density at radius 3 is 2.67 bits per heavy atom. The second kappa shape index (κ2) is 7.57. The fourth-order valence-electron chi connectivity index (χ4n) is 2.33. The molecule has 2 rings (SSSR count). The molecule has 2 aromatic rings. The molecule has 0 spiro atoms. The van der Waals surface area contributed by atoms with E-state index < -0.39 is 0 Å². The van der Waals surface area contributed by atoms with E-state index in [1.54, 1.807) is 0 Å². The van der Waals surface area contributed by atoms with Crippen molar-refractivity contribution in [3.05, 3.63) is 46.4 Å². The number of halogens is 1. The molecule has 2 N–H and O–H groups in total. The Labute approximate surface area is 133 Å². The van der Waals surface area contributed by atoms with Gasteiger partial charge in [0.25, 0.3) is 5.91 Å². The first kappa shape index (κ1) is 16.0. The van der Waals surface area contributed by atoms with Gasteiger partial charge < -0.3 is 10.4 Å². The number of carbonyl (C=O) groups excluding carboxylic acids is 1. The van der Waals surface area contributed by atoms with Gasteiger partial charge in [-0.1, -0.05) is 41.4 Å². The van der Waals surface area contributed by atoms with E-state index >= 15 is 0 Å². The minimum atomic E-state index is -0.0591. The standard InChI is InChI=1S/C17H20BrNO2/c1-2-12(7-8-20)11-19-17(21)15-4-3-14-10-16(18)6-5-13(14)9-15/h3-6,9-10,12,20H,2,7-8,11H2,1H3,(H,19,21). The molecule has 0 saturated carbocycles. The summed E-state index contributed by atoms with van der Waals surface area (Å²) in [7, 11) is 0. The molecular formula is C17H20BrNO2. The van der Waals surface area contributed by atoms with Crippen molar-refractivity contribution in [1.82, 2.24) is 5.32 Å². The zero-order valence-electron chi connectivity index (χ0n) is 12.1. The molecule has 0 aliphatic heterocycles. The van der Waals surface area contributed by atoms with Gasteiger partial charge in [0.05, 0.1) is 0 Å². The molecular weight excluding hydrogens is 330 g/mol. The van der Waals surface area contributed by atoms with Gasteiger partial charge in [-0.3, -0.25) is 4.79 Å². The predicted octanol–water partition coefficient (Wildman–Crippen LogP) is 3.74. The van der Waals surface area contributed by atoms with Crippen molar-refractivity contribution < 1.29 is 9.90 Å². The van der Waals surface area contributed by atoms with Gasteiger partial charge in [0.2, 0.25) is 0 Å². The number of hydrogen-bond donors (Lipinski definition) is 2. The Balaban J connectivity index is 2.07. The van der Waals surface area contributed by atoms with Gasteiger partial charge in [-0.25, -0.2) is 0 Å². The van der Waals surface area contributed by atoms with E-state index in [1.807, 2.05) is 36.4 Å². The van der Waals surface area contributed by atoms with Crippen molar-refractivity contribution in [2.75, 3.05) is 13.2 Å². The number of hydrogen-bond acceptors (Lipinski definition) is 2. The highest BCUT2D eigenvalue weighted by molar-refractivity contribution is 9.10. The number of carbonyl (C=O) groups is 1. The summed E-state index contributed by atoms with van der Waals surface area (Å²) in [6, 6.07) is 11.7. The highest BCUT2D eigenvalue weighted by Gasteiger charge is 2.10. The summed E-state index contributed by atoms with van der Waals surface area (Å²) in [6.45, 7) is 2.84. The number of amides is 1. The lowest BCUT2D eigenvalue weighted by Gasteiger charge is -2.14. The maximum Gasteiger partial charge on any atom is 0.251 e. The number of aliphatic hydroxyl groups excluding tert-OH is 1. The molecule has 0 heterocycles. The van der Waals surface area contributed by atoms with Gasteiger partial charge in [0.15, 0.2) is 0 Å². The number of fused-ring (bicyclic) bond motifs is 1. The normalized spacial score (nSPS) is 12.3. The minimum absolute atomic E-state index is 0.0591. The molecule has 0 radical (unpaired) electrons. The monoisotopic (exact) mass is 349 g/mol. The van der Waals surface area contributed by atoms with E-state index in [-0.39, 0.29) is 12.5 Å². The Morgan fingerprint density at radius 2 is 1.95 bits per heavy atom. The zero-order chi connectivity index (χ0) is 15.2. The maximum absolute atomic E-state index is 12.2. The molecule has 0 aliphatic carbocycles. The molecule has 21 heavy (non-hydrogen) atoms. The Kier molecular flexibility index (Phi) is 5.76. The topological polar surface area (TPSA) is 49.3 Å². The summed E-state index contributed by atoms with van der Waals surface area (Å²) in [5.74, 6) is 0.270. The van der Waals surface area contributed by atoms with Gasteiger partial charge in [0.1, 0.15) is 0 Å². The first-order chi connectivity index (χ1) is 10.1. The zero-order valence-corrected chi connectivity index (χ0v) is 13.7. The molecule has 1 unspecified atom stereocenters. The van der Waals surface area contributed by atoms with Crippen molar-refractivity contribution in [2.45, 2.75) is 19.8 Å². The highest BCUT2D eigenvalue weighted by atomic mass is 79.9. The molecule has 0 fully saturated rings. The number of benzene rings is 2. The fraction of sp³-hybridized carbons (Fsp3) is 0.353. The first-order valence-electron chi connectivity index (χ1n) is 7.22. The maximum atomic E-state index is 12.2. The van der Waals surface area contributed by atoms with Crippen LogP contribution in [0, 0.1) is 5.92 Å². The van der Waals surface area contributed by atoms with Gasteiger partial charge in [-0.05, 0) is 47.4 Å². The van der Waals surface area contributed by atoms with Crippen LogP contribution in [0.25, 0.3) is 10.8 Å². The molecule has 2 aromatic carbocycles. The summed E-state index contributed by atoms with van der Waals surface area (Å²) in [5, 5.41) is 14.1. The average Bonchev–Trinajstić information content (AvgIpc) is 2.50. The Hall–Kier alpha value is -1.39. The van der Waals surface area contributed by atoms with E-state index in [0.29, 0.717) is 18.0 Å². The molecule has 4 heteroatoms. The van der Waals surface area contributed by atoms with Crippen LogP contribution in [0.2, 0.25) is 0 Å². The summed E-state index contributed by atoms with van der Waals surface area (Å²) in [4.78, 5) is 12.2. The van der Waals surface area contributed by atoms with Crippen molar-refractivity contribution in [3.8, 4) is 0 Å². The van der Waals surface area contributed by atoms with Gasteiger partial charge in [0, 0.05) is 23.2 Å². The SMILES string of the molecule is CCC(CCO)CNC(=O)c1ccc2cc(Br)ccc2c1. The first-order valence-corrected chi connectivity index (χ1v) is 8.01. The summed E-state index contributed by atoms with van der Waals surface area (Å²) < 4.78 is 1.03. The van der Waals surface area contributed by atoms with E-state index in [1.165, 1.54) is 0 Å². The van der Waals surface area contributed by atoms with Crippen LogP contribution < -0.4 is 5.32 Å². The molecule has 0 saturated heterocycles. The average molecular weight is 350 g/mol. The lowest BCUT2D eigenvalue weighted by molar-refractivity contribution is 0.0943. The predicted molar refractivity (Wildman–Crippen MR) is 89.5 cm³/mol. The second-order valence-electron chi connectivity index (χ2n) is 5.20. The third-order valence-corrected chi connectivity index (χ3v) is 4.22. The van der Waals surface area contributed by atoms with Crippen LogP contribution in [0.15, 0.2) is 40.9 Å². The van der Waals surface area contributed by atoms with E-state index in [2.05, 4.69) is 28.2 Å². The lowest BCUT2D eigenvalue weighted by Crippen LogP contribution is -2.29. The third kappa shape index (κ3) is 4.29. The minimum Gasteiger partial charge on any atom is -0.396 e. The van der Waals surface area contributed by atoms with Crippen LogP contribution >= 0.6 is 15.9 Å². The molecule has 0 bridgehead atoms. The molecule has 112 valence electrons. The third-order valence-electron chi connectivity index (χ3n) is 3.73. The molecule has 0 aliphatic rings. The largest absolute Gasteiger partial charge is 0.396 e. The molecule has 1 atom stereocenters. The molecule has 0 aromatic heterocycles. The van der Waals surface area contributed by atoms with Crippen molar-refractivity contribution in [1.29, 1.82) is 0 Å². The van der Waals surface area contributed by atoms with Crippen LogP contribution in [0.3, 0.4) is 0 Å². The summed E-state index contributed by atoms with van der Waals surface area (Å²) in [5.41, 5.74) is 0.670. The highest BCUT2D eigenvalue weighted by Crippen LogP contribution is 2.21. The van der Waals surface area contributed by atoms with E-state index in [0.717, 1.165) is 28.1 Å². The quantitative estimate of drug-likeness (QED) is 0.834. The number of nitrogens with one attached hydrogen (secondary N) is 1. The number of aliphatic hydroxyl groups is 1. The van der Waals surface area contributed by atoms with Crippen LogP contribution in [0.4, 0.5) is 0 Å². The fourth-order valence-corrected chi connectivity index (χ4v) is 2.71. The Morgan fingerprint density at radius 1 is 1.24 bits per heavy atom. The summed E-state index contributed by atoms with van der Waals surface area (Å²) >= 11 is 3.44. The van der Waals surface area contributed by atoms with Crippen LogP contribution in [-0.4, -0.2) is 24.2 Å². The van der Waals surface area contributed by atoms with Crippen molar-refractivity contribution >= 4 is 32.6 Å². The molecule has 1 amide bonds. The number of rotatable bonds is 6. The van der Waals surface area contributed by atoms with Crippen molar-refractivity contribution in [2.24, 2.45) is 5.92 Å². The van der Waals surface area contributed by atoms with Crippen molar-refractivity contribution in [3.63, 3.8) is 0 Å². The van der Waals surface area contributed by atoms with Crippen LogP contribution in [-0.2, 0) is 0 Å². The van der Waals surface area contributed by atoms with Crippen LogP contribution in [0.5, 0.6) is 0 Å². The second-order valence-corrected chi connectivity index (χ2v) is 6.12. The molecule has 3 nitrogen and oxygen atoms in total. The van der Waals surface area contributed by atoms with E-state index in [9.17, 15) is 4.79 Å².